The number of nitrogens with zero attached hydrogens (tertiary/aromatic N) is 3. The van der Waals surface area contributed by atoms with Gasteiger partial charge in [-0.3, -0.25) is 4.55 Å². The van der Waals surface area contributed by atoms with Crippen molar-refractivity contribution >= 4 is 63.0 Å². The van der Waals surface area contributed by atoms with Gasteiger partial charge in [0.15, 0.2) is 11.6 Å². The van der Waals surface area contributed by atoms with Gasteiger partial charge < -0.3 is 9.47 Å². The van der Waals surface area contributed by atoms with Crippen LogP contribution in [0.1, 0.15) is 33.4 Å². The lowest BCUT2D eigenvalue weighted by Gasteiger charge is -2.10. The Kier molecular flexibility index (Phi) is 8.68. The predicted molar refractivity (Wildman–Crippen MR) is 131 cm³/mol. The highest BCUT2D eigenvalue weighted by atomic mass is 35.6. The highest BCUT2D eigenvalue weighted by molar-refractivity contribution is 7.86. The Labute approximate surface area is 216 Å². The fourth-order valence-electron chi connectivity index (χ4n) is 2.81. The third-order valence-electron chi connectivity index (χ3n) is 4.27. The summed E-state index contributed by atoms with van der Waals surface area (Å²) in [7, 11) is -4.57. The molecule has 1 N–H and O–H groups in total. The quantitative estimate of drug-likeness (QED) is 0.182. The van der Waals surface area contributed by atoms with Crippen molar-refractivity contribution in [1.29, 1.82) is 0 Å². The molecule has 1 aromatic heterocycles. The Balaban J connectivity index is 1.59. The van der Waals surface area contributed by atoms with Gasteiger partial charge in [-0.1, -0.05) is 65.1 Å². The lowest BCUT2D eigenvalue weighted by Crippen LogP contribution is -2.15. The molecule has 0 atom stereocenters. The summed E-state index contributed by atoms with van der Waals surface area (Å²) in [4.78, 5) is 24.0. The minimum absolute atomic E-state index is 0.00617. The summed E-state index contributed by atoms with van der Waals surface area (Å²) in [5.74, 6) is 0.310. The van der Waals surface area contributed by atoms with Crippen molar-refractivity contribution in [3.05, 3.63) is 77.1 Å². The molecule has 0 unspecified atom stereocenters. The second kappa shape index (κ2) is 11.3. The minimum atomic E-state index is -4.57. The molecule has 0 saturated carbocycles. The molecule has 0 aliphatic heterocycles. The molecule has 2 aromatic carbocycles. The largest absolute Gasteiger partial charge is 0.490 e. The van der Waals surface area contributed by atoms with Crippen molar-refractivity contribution < 1.29 is 27.2 Å². The van der Waals surface area contributed by atoms with Crippen LogP contribution < -0.4 is 4.74 Å². The number of benzene rings is 2. The monoisotopic (exact) mass is 557 g/mol. The van der Waals surface area contributed by atoms with E-state index < -0.39 is 24.8 Å². The molecule has 0 spiro atoms. The van der Waals surface area contributed by atoms with Gasteiger partial charge in [0.25, 0.3) is 10.1 Å². The van der Waals surface area contributed by atoms with Gasteiger partial charge in [0, 0.05) is 0 Å². The number of alkyl halides is 3. The first-order chi connectivity index (χ1) is 16.4. The van der Waals surface area contributed by atoms with E-state index in [4.69, 9.17) is 44.3 Å². The predicted octanol–water partition coefficient (Wildman–Crippen LogP) is 4.66. The summed E-state index contributed by atoms with van der Waals surface area (Å²) >= 11 is 17.6. The molecule has 3 rings (SSSR count). The third-order valence-corrected chi connectivity index (χ3v) is 5.69. The maximum absolute atomic E-state index is 12.2. The van der Waals surface area contributed by atoms with Crippen LogP contribution in [0.15, 0.2) is 53.4 Å². The maximum atomic E-state index is 12.2. The number of carbonyl (C=O) groups is 1. The summed E-state index contributed by atoms with van der Waals surface area (Å²) in [6.45, 7) is 1.51. The van der Waals surface area contributed by atoms with Gasteiger partial charge in [-0.2, -0.15) is 8.42 Å². The fraction of sp³-hybridized carbons (Fsp3) is 0.182. The van der Waals surface area contributed by atoms with E-state index in [2.05, 4.69) is 15.0 Å². The Bertz CT molecular complexity index is 1360. The van der Waals surface area contributed by atoms with Crippen LogP contribution in [0.3, 0.4) is 0 Å². The van der Waals surface area contributed by atoms with Crippen LogP contribution in [-0.2, 0) is 18.6 Å². The van der Waals surface area contributed by atoms with Gasteiger partial charge in [-0.05, 0) is 42.8 Å². The number of hydrogen-bond acceptors (Lipinski definition) is 8. The number of aryl methyl sites for hydroxylation is 1. The molecule has 0 saturated heterocycles. The van der Waals surface area contributed by atoms with Crippen molar-refractivity contribution in [2.45, 2.75) is 15.6 Å². The first-order valence-electron chi connectivity index (χ1n) is 9.88. The number of carbonyl (C=O) groups excluding carboxylic acids is 1. The van der Waals surface area contributed by atoms with Gasteiger partial charge in [-0.25, -0.2) is 19.7 Å². The van der Waals surface area contributed by atoms with E-state index in [0.29, 0.717) is 17.4 Å². The number of halogens is 3. The number of rotatable bonds is 8. The van der Waals surface area contributed by atoms with E-state index in [1.54, 1.807) is 37.3 Å². The van der Waals surface area contributed by atoms with Gasteiger partial charge in [0.1, 0.15) is 29.7 Å². The third kappa shape index (κ3) is 7.87. The first-order valence-corrected chi connectivity index (χ1v) is 12.5. The summed E-state index contributed by atoms with van der Waals surface area (Å²) in [6.07, 6.45) is 3.36. The highest BCUT2D eigenvalue weighted by Gasteiger charge is 2.27. The molecule has 0 amide bonds. The number of hydrogen-bond donors (Lipinski definition) is 1. The molecule has 0 aliphatic rings. The standard InChI is InChI=1S/C22H18Cl3N3O6S/c1-14-26-19(28-21(27-14)22(23,24)25)10-9-15-5-4-6-16(13-15)33-11-12-34-20(29)17-7-2-3-8-18(17)35(30,31)32/h2-10,13H,11-12H2,1H3,(H,30,31,32). The van der Waals surface area contributed by atoms with E-state index in [0.717, 1.165) is 11.6 Å². The first kappa shape index (κ1) is 26.8. The van der Waals surface area contributed by atoms with Gasteiger partial charge in [0.2, 0.25) is 3.79 Å². The van der Waals surface area contributed by atoms with Crippen LogP contribution in [0, 0.1) is 6.92 Å². The molecule has 0 radical (unpaired) electrons. The molecule has 184 valence electrons. The molecular formula is C22H18Cl3N3O6S. The van der Waals surface area contributed by atoms with Crippen molar-refractivity contribution in [3.8, 4) is 5.75 Å². The zero-order chi connectivity index (χ0) is 25.6. The Morgan fingerprint density at radius 1 is 1.03 bits per heavy atom. The molecular weight excluding hydrogens is 541 g/mol. The Morgan fingerprint density at radius 3 is 2.49 bits per heavy atom. The van der Waals surface area contributed by atoms with Crippen molar-refractivity contribution in [1.82, 2.24) is 15.0 Å². The molecule has 0 aliphatic carbocycles. The van der Waals surface area contributed by atoms with Crippen LogP contribution in [0.5, 0.6) is 5.75 Å². The van der Waals surface area contributed by atoms with E-state index in [9.17, 15) is 17.8 Å². The lowest BCUT2D eigenvalue weighted by molar-refractivity contribution is 0.0445. The molecule has 0 bridgehead atoms. The fourth-order valence-corrected chi connectivity index (χ4v) is 3.75. The maximum Gasteiger partial charge on any atom is 0.339 e. The highest BCUT2D eigenvalue weighted by Crippen LogP contribution is 2.35. The van der Waals surface area contributed by atoms with E-state index in [1.165, 1.54) is 18.2 Å². The van der Waals surface area contributed by atoms with Crippen LogP contribution in [0.2, 0.25) is 0 Å². The van der Waals surface area contributed by atoms with Gasteiger partial charge in [-0.15, -0.1) is 0 Å². The molecule has 35 heavy (non-hydrogen) atoms. The Hall–Kier alpha value is -2.76. The SMILES string of the molecule is Cc1nc(C=Cc2cccc(OCCOC(=O)c3ccccc3S(=O)(=O)O)c2)nc(C(Cl)(Cl)Cl)n1. The van der Waals surface area contributed by atoms with E-state index >= 15 is 0 Å². The second-order valence-electron chi connectivity index (χ2n) is 6.92. The van der Waals surface area contributed by atoms with Crippen LogP contribution in [0.4, 0.5) is 0 Å². The van der Waals surface area contributed by atoms with Crippen molar-refractivity contribution in [2.24, 2.45) is 0 Å². The lowest BCUT2D eigenvalue weighted by atomic mass is 10.2. The van der Waals surface area contributed by atoms with E-state index in [-0.39, 0.29) is 24.6 Å². The summed E-state index contributed by atoms with van der Waals surface area (Å²) in [5.41, 5.74) is 0.490. The Morgan fingerprint density at radius 2 is 1.77 bits per heavy atom. The molecule has 0 fully saturated rings. The normalized spacial score (nSPS) is 12.0. The van der Waals surface area contributed by atoms with Crippen molar-refractivity contribution in [3.63, 3.8) is 0 Å². The number of ether oxygens (including phenoxy) is 2. The van der Waals surface area contributed by atoms with Gasteiger partial charge in [0.05, 0.1) is 5.56 Å². The summed E-state index contributed by atoms with van der Waals surface area (Å²) in [5, 5.41) is 0. The summed E-state index contributed by atoms with van der Waals surface area (Å²) < 4.78 is 41.0. The molecule has 9 nitrogen and oxygen atoms in total. The molecule has 13 heteroatoms. The molecule has 3 aromatic rings. The number of aromatic nitrogens is 3. The smallest absolute Gasteiger partial charge is 0.339 e. The number of esters is 1. The van der Waals surface area contributed by atoms with E-state index in [1.807, 2.05) is 6.07 Å². The molecule has 1 heterocycles. The second-order valence-corrected chi connectivity index (χ2v) is 10.6. The van der Waals surface area contributed by atoms with Crippen molar-refractivity contribution in [2.75, 3.05) is 13.2 Å². The average molecular weight is 559 g/mol. The zero-order valence-electron chi connectivity index (χ0n) is 18.1. The van der Waals surface area contributed by atoms with Crippen LogP contribution in [-0.4, -0.2) is 47.1 Å². The zero-order valence-corrected chi connectivity index (χ0v) is 21.1. The summed E-state index contributed by atoms with van der Waals surface area (Å²) in [6, 6.07) is 12.2. The topological polar surface area (TPSA) is 129 Å². The average Bonchev–Trinajstić information content (AvgIpc) is 2.79. The van der Waals surface area contributed by atoms with Crippen LogP contribution >= 0.6 is 34.8 Å². The minimum Gasteiger partial charge on any atom is -0.490 e. The van der Waals surface area contributed by atoms with Gasteiger partial charge >= 0.3 is 5.97 Å². The van der Waals surface area contributed by atoms with Crippen LogP contribution in [0.25, 0.3) is 12.2 Å².